The van der Waals surface area contributed by atoms with Crippen molar-refractivity contribution in [3.05, 3.63) is 0 Å². The van der Waals surface area contributed by atoms with Crippen LogP contribution in [0.5, 0.6) is 0 Å². The van der Waals surface area contributed by atoms with Crippen LogP contribution in [0, 0.1) is 5.92 Å². The van der Waals surface area contributed by atoms with Gasteiger partial charge >= 0.3 is 0 Å². The van der Waals surface area contributed by atoms with E-state index in [-0.39, 0.29) is 5.75 Å². The smallest absolute Gasteiger partial charge is 0.150 e. The zero-order valence-corrected chi connectivity index (χ0v) is 13.6. The summed E-state index contributed by atoms with van der Waals surface area (Å²) in [6.45, 7) is 4.91. The quantitative estimate of drug-likeness (QED) is 0.709. The second kappa shape index (κ2) is 7.23. The molecule has 0 amide bonds. The van der Waals surface area contributed by atoms with Gasteiger partial charge in [0.25, 0.3) is 0 Å². The Morgan fingerprint density at radius 3 is 2.65 bits per heavy atom. The summed E-state index contributed by atoms with van der Waals surface area (Å²) in [4.78, 5) is 0. The van der Waals surface area contributed by atoms with Gasteiger partial charge in [-0.05, 0) is 45.1 Å². The third-order valence-electron chi connectivity index (χ3n) is 4.74. The van der Waals surface area contributed by atoms with Crippen LogP contribution in [0.2, 0.25) is 0 Å². The molecule has 2 saturated heterocycles. The lowest BCUT2D eigenvalue weighted by Gasteiger charge is -2.29. The van der Waals surface area contributed by atoms with E-state index in [9.17, 15) is 8.42 Å². The maximum atomic E-state index is 11.6. The maximum absolute atomic E-state index is 11.6. The first-order valence-electron chi connectivity index (χ1n) is 8.15. The molecule has 2 rings (SSSR count). The van der Waals surface area contributed by atoms with Gasteiger partial charge in [-0.3, -0.25) is 0 Å². The number of ether oxygens (including phenoxy) is 1. The summed E-state index contributed by atoms with van der Waals surface area (Å²) in [7, 11) is -2.83. The van der Waals surface area contributed by atoms with Crippen molar-refractivity contribution in [1.29, 1.82) is 0 Å². The van der Waals surface area contributed by atoms with Crippen molar-refractivity contribution in [2.24, 2.45) is 5.92 Å². The molecule has 0 aromatic rings. The zero-order chi connectivity index (χ0) is 14.6. The van der Waals surface area contributed by atoms with E-state index >= 15 is 0 Å². The first kappa shape index (κ1) is 16.2. The molecule has 0 spiro atoms. The molecule has 2 fully saturated rings. The molecule has 5 heteroatoms. The van der Waals surface area contributed by atoms with Crippen molar-refractivity contribution >= 4 is 9.84 Å². The average molecular weight is 303 g/mol. The number of nitrogens with one attached hydrogen (secondary N) is 1. The monoisotopic (exact) mass is 303 g/mol. The molecule has 4 atom stereocenters. The highest BCUT2D eigenvalue weighted by molar-refractivity contribution is 7.91. The Bertz CT molecular complexity index is 396. The molecular formula is C15H29NO3S. The van der Waals surface area contributed by atoms with Gasteiger partial charge in [0.15, 0.2) is 0 Å². The third-order valence-corrected chi connectivity index (χ3v) is 6.53. The van der Waals surface area contributed by atoms with Crippen molar-refractivity contribution in [3.8, 4) is 0 Å². The number of rotatable bonds is 9. The Hall–Kier alpha value is -0.130. The standard InChI is InChI=1S/C15H29NO3S/c1-3-9-16-14(6-5-10-20(17,18)4-2)13-11-12-7-8-15(13)19-12/h12-16H,3-11H2,1-2H3. The van der Waals surface area contributed by atoms with Crippen molar-refractivity contribution in [3.63, 3.8) is 0 Å². The van der Waals surface area contributed by atoms with Crippen LogP contribution < -0.4 is 5.32 Å². The summed E-state index contributed by atoms with van der Waals surface area (Å²) in [5.74, 6) is 1.18. The van der Waals surface area contributed by atoms with E-state index < -0.39 is 9.84 Å². The molecule has 2 aliphatic rings. The van der Waals surface area contributed by atoms with Gasteiger partial charge in [-0.1, -0.05) is 13.8 Å². The molecule has 2 aliphatic heterocycles. The lowest BCUT2D eigenvalue weighted by atomic mass is 9.82. The van der Waals surface area contributed by atoms with Crippen molar-refractivity contribution in [1.82, 2.24) is 5.32 Å². The summed E-state index contributed by atoms with van der Waals surface area (Å²) in [6.07, 6.45) is 7.28. The highest BCUT2D eigenvalue weighted by Gasteiger charge is 2.43. The van der Waals surface area contributed by atoms with E-state index in [1.54, 1.807) is 6.92 Å². The maximum Gasteiger partial charge on any atom is 0.150 e. The Morgan fingerprint density at radius 2 is 2.10 bits per heavy atom. The molecule has 20 heavy (non-hydrogen) atoms. The van der Waals surface area contributed by atoms with E-state index in [4.69, 9.17) is 4.74 Å². The Labute approximate surface area is 123 Å². The molecule has 4 nitrogen and oxygen atoms in total. The summed E-state index contributed by atoms with van der Waals surface area (Å²) in [6, 6.07) is 0.428. The number of sulfone groups is 1. The molecule has 0 saturated carbocycles. The van der Waals surface area contributed by atoms with E-state index in [0.717, 1.165) is 32.2 Å². The topological polar surface area (TPSA) is 55.4 Å². The summed E-state index contributed by atoms with van der Waals surface area (Å²) in [5.41, 5.74) is 0. The minimum Gasteiger partial charge on any atom is -0.375 e. The highest BCUT2D eigenvalue weighted by atomic mass is 32.2. The Morgan fingerprint density at radius 1 is 1.30 bits per heavy atom. The molecule has 2 heterocycles. The molecular weight excluding hydrogens is 274 g/mol. The number of fused-ring (bicyclic) bond motifs is 2. The lowest BCUT2D eigenvalue weighted by Crippen LogP contribution is -2.41. The molecule has 0 aromatic carbocycles. The molecule has 118 valence electrons. The summed E-state index contributed by atoms with van der Waals surface area (Å²) < 4.78 is 29.2. The van der Waals surface area contributed by atoms with Crippen LogP contribution in [0.4, 0.5) is 0 Å². The molecule has 0 aromatic heterocycles. The first-order valence-corrected chi connectivity index (χ1v) is 9.97. The molecule has 0 aliphatic carbocycles. The van der Waals surface area contributed by atoms with E-state index in [0.29, 0.717) is 29.9 Å². The van der Waals surface area contributed by atoms with Crippen LogP contribution in [-0.4, -0.2) is 44.7 Å². The lowest BCUT2D eigenvalue weighted by molar-refractivity contribution is 0.0849. The van der Waals surface area contributed by atoms with Crippen molar-refractivity contribution in [2.45, 2.75) is 70.6 Å². The molecule has 0 radical (unpaired) electrons. The van der Waals surface area contributed by atoms with Crippen LogP contribution in [0.15, 0.2) is 0 Å². The minimum absolute atomic E-state index is 0.261. The fourth-order valence-electron chi connectivity index (χ4n) is 3.57. The summed E-state index contributed by atoms with van der Waals surface area (Å²) in [5, 5.41) is 3.63. The molecule has 1 N–H and O–H groups in total. The molecule has 2 bridgehead atoms. The number of hydrogen-bond donors (Lipinski definition) is 1. The predicted octanol–water partition coefficient (Wildman–Crippen LogP) is 2.14. The third kappa shape index (κ3) is 4.18. The zero-order valence-electron chi connectivity index (χ0n) is 12.8. The first-order chi connectivity index (χ1) is 9.55. The summed E-state index contributed by atoms with van der Waals surface area (Å²) >= 11 is 0. The SMILES string of the molecule is CCCNC(CCCS(=O)(=O)CC)C1CC2CCC1O2. The van der Waals surface area contributed by atoms with Crippen LogP contribution in [0.1, 0.15) is 52.4 Å². The average Bonchev–Trinajstić information content (AvgIpc) is 3.05. The van der Waals surface area contributed by atoms with E-state index in [1.165, 1.54) is 12.8 Å². The van der Waals surface area contributed by atoms with Gasteiger partial charge in [0.05, 0.1) is 18.0 Å². The van der Waals surface area contributed by atoms with Crippen LogP contribution in [-0.2, 0) is 14.6 Å². The van der Waals surface area contributed by atoms with Gasteiger partial charge in [-0.25, -0.2) is 8.42 Å². The van der Waals surface area contributed by atoms with Gasteiger partial charge in [-0.2, -0.15) is 0 Å². The highest BCUT2D eigenvalue weighted by Crippen LogP contribution is 2.41. The van der Waals surface area contributed by atoms with E-state index in [2.05, 4.69) is 12.2 Å². The van der Waals surface area contributed by atoms with Gasteiger partial charge in [0, 0.05) is 17.7 Å². The van der Waals surface area contributed by atoms with Gasteiger partial charge in [0.1, 0.15) is 9.84 Å². The van der Waals surface area contributed by atoms with Crippen molar-refractivity contribution < 1.29 is 13.2 Å². The van der Waals surface area contributed by atoms with Crippen LogP contribution in [0.3, 0.4) is 0 Å². The predicted molar refractivity (Wildman–Crippen MR) is 81.6 cm³/mol. The Balaban J connectivity index is 1.84. The fraction of sp³-hybridized carbons (Fsp3) is 1.00. The van der Waals surface area contributed by atoms with Gasteiger partial charge in [0.2, 0.25) is 0 Å². The van der Waals surface area contributed by atoms with Crippen LogP contribution >= 0.6 is 0 Å². The van der Waals surface area contributed by atoms with Gasteiger partial charge in [-0.15, -0.1) is 0 Å². The van der Waals surface area contributed by atoms with Crippen LogP contribution in [0.25, 0.3) is 0 Å². The van der Waals surface area contributed by atoms with Gasteiger partial charge < -0.3 is 10.1 Å². The number of hydrogen-bond acceptors (Lipinski definition) is 4. The molecule has 4 unspecified atom stereocenters. The van der Waals surface area contributed by atoms with Crippen molar-refractivity contribution in [2.75, 3.05) is 18.1 Å². The normalized spacial score (nSPS) is 30.8. The second-order valence-electron chi connectivity index (χ2n) is 6.21. The largest absolute Gasteiger partial charge is 0.375 e. The van der Waals surface area contributed by atoms with E-state index in [1.807, 2.05) is 0 Å². The minimum atomic E-state index is -2.83. The Kier molecular flexibility index (Phi) is 5.87. The fourth-order valence-corrected chi connectivity index (χ4v) is 4.46. The second-order valence-corrected chi connectivity index (χ2v) is 8.69.